The summed E-state index contributed by atoms with van der Waals surface area (Å²) in [6.45, 7) is 0.154. The Morgan fingerprint density at radius 2 is 1.79 bits per heavy atom. The molecule has 4 heterocycles. The number of likely N-dealkylation sites (tertiary alicyclic amines) is 1. The van der Waals surface area contributed by atoms with Gasteiger partial charge in [0.25, 0.3) is 5.91 Å². The minimum Gasteiger partial charge on any atom is -0.497 e. The zero-order valence-corrected chi connectivity index (χ0v) is 26.4. The molecule has 1 saturated carbocycles. The Bertz CT molecular complexity index is 1980. The van der Waals surface area contributed by atoms with Gasteiger partial charge in [0.1, 0.15) is 29.2 Å². The quantitative estimate of drug-likeness (QED) is 0.283. The van der Waals surface area contributed by atoms with Crippen LogP contribution in [0.5, 0.6) is 23.0 Å². The molecular formula is C36H34N4O8. The van der Waals surface area contributed by atoms with Crippen molar-refractivity contribution < 1.29 is 38.4 Å². The first-order chi connectivity index (χ1) is 23.3. The summed E-state index contributed by atoms with van der Waals surface area (Å²) in [5.74, 6) is 0.133. The lowest BCUT2D eigenvalue weighted by Crippen LogP contribution is -2.52. The standard InChI is InChI=1S/C36H34N4O8/c1-45-22-8-9-24-27(15-22)38-28(26-10-6-20-4-2-3-5-25(20)37-26)17-31(24)48-23-16-29(33(41)39-36(12-13-36)35(43)44)40(18-23)34(42)21-7-11-30-32(14-21)47-19-46-30/h6-11,14-15,17,23,29H,2-5,12-13,16,18-19H2,1H3,(H,39,41)(H,43,44)/t23-,29+/m1/s1. The van der Waals surface area contributed by atoms with Gasteiger partial charge in [0.15, 0.2) is 11.5 Å². The van der Waals surface area contributed by atoms with Crippen LogP contribution in [0, 0.1) is 0 Å². The minimum absolute atomic E-state index is 0.0592. The second-order valence-electron chi connectivity index (χ2n) is 12.8. The van der Waals surface area contributed by atoms with Gasteiger partial charge in [-0.15, -0.1) is 0 Å². The lowest BCUT2D eigenvalue weighted by molar-refractivity contribution is -0.143. The topological polar surface area (TPSA) is 149 Å². The van der Waals surface area contributed by atoms with Crippen molar-refractivity contribution in [3.63, 3.8) is 0 Å². The van der Waals surface area contributed by atoms with Gasteiger partial charge in [-0.1, -0.05) is 6.07 Å². The summed E-state index contributed by atoms with van der Waals surface area (Å²) in [5.41, 5.74) is 3.39. The maximum atomic E-state index is 14.0. The van der Waals surface area contributed by atoms with Crippen molar-refractivity contribution in [3.05, 3.63) is 71.4 Å². The molecule has 48 heavy (non-hydrogen) atoms. The third-order valence-electron chi connectivity index (χ3n) is 9.68. The number of fused-ring (bicyclic) bond motifs is 3. The molecule has 4 aliphatic rings. The Hall–Kier alpha value is -5.39. The van der Waals surface area contributed by atoms with E-state index >= 15 is 0 Å². The van der Waals surface area contributed by atoms with Crippen LogP contribution in [0.15, 0.2) is 54.6 Å². The fraction of sp³-hybridized carbons (Fsp3) is 0.361. The average Bonchev–Trinajstić information content (AvgIpc) is 3.53. The predicted molar refractivity (Wildman–Crippen MR) is 172 cm³/mol. The summed E-state index contributed by atoms with van der Waals surface area (Å²) >= 11 is 0. The first kappa shape index (κ1) is 30.0. The van der Waals surface area contributed by atoms with Gasteiger partial charge in [0.2, 0.25) is 12.7 Å². The van der Waals surface area contributed by atoms with E-state index in [1.54, 1.807) is 25.3 Å². The first-order valence-corrected chi connectivity index (χ1v) is 16.2. The second-order valence-corrected chi connectivity index (χ2v) is 12.8. The van der Waals surface area contributed by atoms with Crippen LogP contribution in [0.3, 0.4) is 0 Å². The molecule has 2 atom stereocenters. The van der Waals surface area contributed by atoms with Gasteiger partial charge < -0.3 is 34.3 Å². The largest absolute Gasteiger partial charge is 0.497 e. The zero-order chi connectivity index (χ0) is 33.0. The smallest absolute Gasteiger partial charge is 0.329 e. The molecule has 246 valence electrons. The zero-order valence-electron chi connectivity index (χ0n) is 26.4. The Morgan fingerprint density at radius 1 is 0.958 bits per heavy atom. The molecule has 0 spiro atoms. The molecule has 1 saturated heterocycles. The molecule has 12 heteroatoms. The van der Waals surface area contributed by atoms with E-state index in [2.05, 4.69) is 11.4 Å². The molecule has 2 N–H and O–H groups in total. The third-order valence-corrected chi connectivity index (χ3v) is 9.68. The van der Waals surface area contributed by atoms with E-state index in [4.69, 9.17) is 28.9 Å². The monoisotopic (exact) mass is 650 g/mol. The van der Waals surface area contributed by atoms with Crippen LogP contribution in [0.1, 0.15) is 53.7 Å². The van der Waals surface area contributed by atoms with E-state index in [9.17, 15) is 19.5 Å². The number of nitrogens with one attached hydrogen (secondary N) is 1. The third kappa shape index (κ3) is 5.40. The second kappa shape index (κ2) is 11.7. The predicted octanol–water partition coefficient (Wildman–Crippen LogP) is 4.31. The Labute approximate surface area is 276 Å². The number of carbonyl (C=O) groups excluding carboxylic acids is 2. The summed E-state index contributed by atoms with van der Waals surface area (Å²) in [4.78, 5) is 50.9. The molecular weight excluding hydrogens is 616 g/mol. The Morgan fingerprint density at radius 3 is 2.60 bits per heavy atom. The lowest BCUT2D eigenvalue weighted by atomic mass is 9.95. The molecule has 2 fully saturated rings. The number of aromatic nitrogens is 2. The highest BCUT2D eigenvalue weighted by molar-refractivity contribution is 6.00. The van der Waals surface area contributed by atoms with Crippen LogP contribution >= 0.6 is 0 Å². The highest BCUT2D eigenvalue weighted by Gasteiger charge is 2.53. The summed E-state index contributed by atoms with van der Waals surface area (Å²) < 4.78 is 23.0. The number of carboxylic acid groups (broad SMARTS) is 1. The van der Waals surface area contributed by atoms with Gasteiger partial charge >= 0.3 is 5.97 Å². The van der Waals surface area contributed by atoms with Crippen LogP contribution in [0.4, 0.5) is 0 Å². The molecule has 2 amide bonds. The highest BCUT2D eigenvalue weighted by Crippen LogP contribution is 2.39. The van der Waals surface area contributed by atoms with Crippen LogP contribution < -0.4 is 24.3 Å². The molecule has 0 unspecified atom stereocenters. The molecule has 8 rings (SSSR count). The highest BCUT2D eigenvalue weighted by atomic mass is 16.7. The number of rotatable bonds is 8. The SMILES string of the molecule is COc1ccc2c(O[C@@H]3C[C@@H](C(=O)NC4(C(=O)O)CC4)N(C(=O)c4ccc5c(c4)OCO5)C3)cc(-c3ccc4c(n3)CCCC4)nc2c1. The van der Waals surface area contributed by atoms with E-state index in [1.807, 2.05) is 30.3 Å². The number of hydrogen-bond acceptors (Lipinski definition) is 9. The molecule has 0 bridgehead atoms. The number of amides is 2. The Balaban J connectivity index is 1.13. The van der Waals surface area contributed by atoms with E-state index in [1.165, 1.54) is 10.5 Å². The van der Waals surface area contributed by atoms with Gasteiger partial charge in [0.05, 0.1) is 30.6 Å². The average molecular weight is 651 g/mol. The molecule has 2 aliphatic heterocycles. The van der Waals surface area contributed by atoms with E-state index in [-0.39, 0.29) is 19.8 Å². The number of nitrogens with zero attached hydrogens (tertiary/aromatic N) is 3. The fourth-order valence-electron chi connectivity index (χ4n) is 6.82. The van der Waals surface area contributed by atoms with Gasteiger partial charge in [-0.05, 0) is 80.5 Å². The number of carbonyl (C=O) groups is 3. The number of hydrogen-bond donors (Lipinski definition) is 2. The maximum Gasteiger partial charge on any atom is 0.329 e. The normalized spacial score (nSPS) is 20.2. The number of pyridine rings is 2. The number of aliphatic carboxylic acids is 1. The minimum atomic E-state index is -1.30. The van der Waals surface area contributed by atoms with E-state index in [0.717, 1.165) is 42.5 Å². The summed E-state index contributed by atoms with van der Waals surface area (Å²) in [6.07, 6.45) is 4.45. The molecule has 12 nitrogen and oxygen atoms in total. The van der Waals surface area contributed by atoms with Crippen LogP contribution in [0.25, 0.3) is 22.3 Å². The maximum absolute atomic E-state index is 14.0. The summed E-state index contributed by atoms with van der Waals surface area (Å²) in [6, 6.07) is 15.4. The molecule has 0 radical (unpaired) electrons. The number of benzene rings is 2. The van der Waals surface area contributed by atoms with Crippen LogP contribution in [0.2, 0.25) is 0 Å². The lowest BCUT2D eigenvalue weighted by Gasteiger charge is -2.25. The van der Waals surface area contributed by atoms with Gasteiger partial charge in [0, 0.05) is 35.2 Å². The van der Waals surface area contributed by atoms with Crippen molar-refractivity contribution in [2.75, 3.05) is 20.4 Å². The molecule has 4 aromatic rings. The van der Waals surface area contributed by atoms with E-state index < -0.39 is 35.5 Å². The summed E-state index contributed by atoms with van der Waals surface area (Å²) in [7, 11) is 1.60. The number of aryl methyl sites for hydroxylation is 2. The molecule has 2 aliphatic carbocycles. The molecule has 2 aromatic heterocycles. The number of methoxy groups -OCH3 is 1. The number of ether oxygens (including phenoxy) is 4. The van der Waals surface area contributed by atoms with Gasteiger partial charge in [-0.25, -0.2) is 9.78 Å². The van der Waals surface area contributed by atoms with Gasteiger partial charge in [-0.3, -0.25) is 14.6 Å². The van der Waals surface area contributed by atoms with Crippen LogP contribution in [-0.2, 0) is 22.4 Å². The number of carboxylic acids is 1. The van der Waals surface area contributed by atoms with Crippen molar-refractivity contribution in [2.45, 2.75) is 62.6 Å². The van der Waals surface area contributed by atoms with Crippen molar-refractivity contribution in [1.82, 2.24) is 20.2 Å². The fourth-order valence-corrected chi connectivity index (χ4v) is 6.82. The van der Waals surface area contributed by atoms with Crippen molar-refractivity contribution in [2.24, 2.45) is 0 Å². The van der Waals surface area contributed by atoms with Crippen molar-refractivity contribution >= 4 is 28.7 Å². The van der Waals surface area contributed by atoms with Crippen molar-refractivity contribution in [1.29, 1.82) is 0 Å². The van der Waals surface area contributed by atoms with Crippen molar-refractivity contribution in [3.8, 4) is 34.4 Å². The van der Waals surface area contributed by atoms with Crippen LogP contribution in [-0.4, -0.2) is 75.9 Å². The van der Waals surface area contributed by atoms with E-state index in [0.29, 0.717) is 52.6 Å². The summed E-state index contributed by atoms with van der Waals surface area (Å²) in [5, 5.41) is 13.2. The first-order valence-electron chi connectivity index (χ1n) is 16.2. The Kier molecular flexibility index (Phi) is 7.30. The molecule has 2 aromatic carbocycles. The van der Waals surface area contributed by atoms with Gasteiger partial charge in [-0.2, -0.15) is 0 Å².